The van der Waals surface area contributed by atoms with E-state index in [2.05, 4.69) is 10.4 Å². The van der Waals surface area contributed by atoms with Crippen LogP contribution in [-0.4, -0.2) is 26.8 Å². The molecule has 126 valence electrons. The molecule has 1 heterocycles. The molecule has 1 aromatic carbocycles. The second kappa shape index (κ2) is 7.29. The standard InChI is InChI=1S/C18H23N5O/c19-16-10-11-18(21-14-4-2-1-3-5-14)22-23(16)17(20)12-13-6-8-15(24)9-7-13/h6-11,14,19-20,24H,1-5,12H2,(H,21,22). The second-order valence-electron chi connectivity index (χ2n) is 6.28. The summed E-state index contributed by atoms with van der Waals surface area (Å²) in [5.74, 6) is 1.15. The molecule has 0 atom stereocenters. The van der Waals surface area contributed by atoms with Gasteiger partial charge < -0.3 is 10.4 Å². The van der Waals surface area contributed by atoms with Gasteiger partial charge in [0.15, 0.2) is 0 Å². The molecule has 0 bridgehead atoms. The van der Waals surface area contributed by atoms with Gasteiger partial charge in [-0.25, -0.2) is 0 Å². The smallest absolute Gasteiger partial charge is 0.148 e. The zero-order chi connectivity index (χ0) is 16.9. The molecular formula is C18H23N5O. The maximum atomic E-state index is 9.33. The van der Waals surface area contributed by atoms with Crippen LogP contribution in [0.4, 0.5) is 5.82 Å². The van der Waals surface area contributed by atoms with Crippen molar-refractivity contribution in [3.05, 3.63) is 47.4 Å². The minimum Gasteiger partial charge on any atom is -0.508 e. The fourth-order valence-corrected chi connectivity index (χ4v) is 3.04. The van der Waals surface area contributed by atoms with Gasteiger partial charge in [0, 0.05) is 12.5 Å². The zero-order valence-corrected chi connectivity index (χ0v) is 13.6. The van der Waals surface area contributed by atoms with Crippen LogP contribution in [0.5, 0.6) is 5.75 Å². The molecule has 4 N–H and O–H groups in total. The maximum Gasteiger partial charge on any atom is 0.148 e. The van der Waals surface area contributed by atoms with E-state index in [9.17, 15) is 5.11 Å². The van der Waals surface area contributed by atoms with Crippen molar-refractivity contribution in [2.45, 2.75) is 44.6 Å². The third-order valence-corrected chi connectivity index (χ3v) is 4.36. The van der Waals surface area contributed by atoms with Crippen LogP contribution >= 0.6 is 0 Å². The molecule has 0 amide bonds. The Balaban J connectivity index is 1.73. The number of aromatic hydroxyl groups is 1. The molecule has 1 aromatic heterocycles. The third kappa shape index (κ3) is 4.01. The van der Waals surface area contributed by atoms with Crippen molar-refractivity contribution in [1.29, 1.82) is 10.8 Å². The van der Waals surface area contributed by atoms with Crippen LogP contribution in [0.2, 0.25) is 0 Å². The van der Waals surface area contributed by atoms with Crippen LogP contribution in [0.15, 0.2) is 36.4 Å². The van der Waals surface area contributed by atoms with Crippen LogP contribution in [0.25, 0.3) is 0 Å². The molecule has 1 fully saturated rings. The molecule has 1 aliphatic carbocycles. The number of rotatable bonds is 4. The van der Waals surface area contributed by atoms with Crippen molar-refractivity contribution in [2.75, 3.05) is 5.32 Å². The molecule has 0 radical (unpaired) electrons. The highest BCUT2D eigenvalue weighted by Gasteiger charge is 2.14. The lowest BCUT2D eigenvalue weighted by Gasteiger charge is -2.23. The Morgan fingerprint density at radius 2 is 1.83 bits per heavy atom. The molecule has 3 rings (SSSR count). The molecule has 6 nitrogen and oxygen atoms in total. The number of anilines is 1. The number of benzene rings is 1. The highest BCUT2D eigenvalue weighted by Crippen LogP contribution is 2.20. The molecule has 0 spiro atoms. The largest absolute Gasteiger partial charge is 0.508 e. The molecular weight excluding hydrogens is 302 g/mol. The van der Waals surface area contributed by atoms with Crippen LogP contribution < -0.4 is 10.8 Å². The fourth-order valence-electron chi connectivity index (χ4n) is 3.04. The summed E-state index contributed by atoms with van der Waals surface area (Å²) >= 11 is 0. The lowest BCUT2D eigenvalue weighted by atomic mass is 9.95. The first-order valence-electron chi connectivity index (χ1n) is 8.39. The number of phenolic OH excluding ortho intramolecular Hbond substituents is 1. The summed E-state index contributed by atoms with van der Waals surface area (Å²) in [7, 11) is 0. The normalized spacial score (nSPS) is 15.2. The van der Waals surface area contributed by atoms with E-state index in [1.807, 2.05) is 0 Å². The number of nitrogens with one attached hydrogen (secondary N) is 3. The fraction of sp³-hybridized carbons (Fsp3) is 0.389. The maximum absolute atomic E-state index is 9.33. The van der Waals surface area contributed by atoms with Gasteiger partial charge in [-0.3, -0.25) is 10.8 Å². The Hall–Kier alpha value is -2.63. The Morgan fingerprint density at radius 3 is 2.54 bits per heavy atom. The van der Waals surface area contributed by atoms with Gasteiger partial charge in [0.1, 0.15) is 22.9 Å². The summed E-state index contributed by atoms with van der Waals surface area (Å²) in [5.41, 5.74) is 1.09. The van der Waals surface area contributed by atoms with Crippen molar-refractivity contribution in [3.63, 3.8) is 0 Å². The summed E-state index contributed by atoms with van der Waals surface area (Å²) < 4.78 is 1.36. The summed E-state index contributed by atoms with van der Waals surface area (Å²) in [4.78, 5) is 0. The van der Waals surface area contributed by atoms with E-state index in [-0.39, 0.29) is 17.1 Å². The van der Waals surface area contributed by atoms with E-state index in [1.165, 1.54) is 23.9 Å². The molecule has 24 heavy (non-hydrogen) atoms. The van der Waals surface area contributed by atoms with Gasteiger partial charge in [-0.15, -0.1) is 5.10 Å². The second-order valence-corrected chi connectivity index (χ2v) is 6.28. The molecule has 1 aliphatic rings. The first kappa shape index (κ1) is 16.2. The average molecular weight is 325 g/mol. The predicted molar refractivity (Wildman–Crippen MR) is 93.5 cm³/mol. The third-order valence-electron chi connectivity index (χ3n) is 4.36. The molecule has 0 saturated heterocycles. The highest BCUT2D eigenvalue weighted by atomic mass is 16.3. The number of aromatic nitrogens is 2. The van der Waals surface area contributed by atoms with Gasteiger partial charge >= 0.3 is 0 Å². The summed E-state index contributed by atoms with van der Waals surface area (Å²) in [6.07, 6.45) is 6.44. The van der Waals surface area contributed by atoms with E-state index in [0.717, 1.165) is 18.4 Å². The van der Waals surface area contributed by atoms with Gasteiger partial charge in [-0.05, 0) is 42.7 Å². The summed E-state index contributed by atoms with van der Waals surface area (Å²) in [6.45, 7) is 0. The molecule has 2 aromatic rings. The van der Waals surface area contributed by atoms with Crippen molar-refractivity contribution in [2.24, 2.45) is 0 Å². The highest BCUT2D eigenvalue weighted by molar-refractivity contribution is 5.82. The van der Waals surface area contributed by atoms with Crippen LogP contribution in [0.1, 0.15) is 37.7 Å². The van der Waals surface area contributed by atoms with Crippen molar-refractivity contribution >= 4 is 11.7 Å². The SMILES string of the molecule is N=C(Cc1ccc(O)cc1)n1nc(NC2CCCCC2)ccc1=N. The Morgan fingerprint density at radius 1 is 1.12 bits per heavy atom. The molecule has 1 saturated carbocycles. The monoisotopic (exact) mass is 325 g/mol. The summed E-state index contributed by atoms with van der Waals surface area (Å²) in [6, 6.07) is 10.7. The van der Waals surface area contributed by atoms with Gasteiger partial charge in [0.2, 0.25) is 0 Å². The lowest BCUT2D eigenvalue weighted by Crippen LogP contribution is -2.32. The van der Waals surface area contributed by atoms with Crippen molar-refractivity contribution in [1.82, 2.24) is 9.78 Å². The van der Waals surface area contributed by atoms with Gasteiger partial charge in [-0.1, -0.05) is 31.4 Å². The average Bonchev–Trinajstić information content (AvgIpc) is 2.59. The minimum atomic E-state index is 0.188. The van der Waals surface area contributed by atoms with E-state index in [0.29, 0.717) is 18.3 Å². The number of hydrogen-bond acceptors (Lipinski definition) is 5. The van der Waals surface area contributed by atoms with Gasteiger partial charge in [-0.2, -0.15) is 4.68 Å². The topological polar surface area (TPSA) is 97.8 Å². The molecule has 0 aliphatic heterocycles. The van der Waals surface area contributed by atoms with E-state index in [4.69, 9.17) is 10.8 Å². The summed E-state index contributed by atoms with van der Waals surface area (Å²) in [5, 5.41) is 33.5. The molecule has 6 heteroatoms. The van der Waals surface area contributed by atoms with Crippen molar-refractivity contribution < 1.29 is 5.11 Å². The van der Waals surface area contributed by atoms with E-state index < -0.39 is 0 Å². The van der Waals surface area contributed by atoms with Crippen LogP contribution in [0, 0.1) is 10.8 Å². The number of phenols is 1. The van der Waals surface area contributed by atoms with E-state index >= 15 is 0 Å². The minimum absolute atomic E-state index is 0.188. The van der Waals surface area contributed by atoms with Crippen LogP contribution in [-0.2, 0) is 6.42 Å². The zero-order valence-electron chi connectivity index (χ0n) is 13.6. The van der Waals surface area contributed by atoms with Gasteiger partial charge in [0.05, 0.1) is 0 Å². The lowest BCUT2D eigenvalue weighted by molar-refractivity contribution is 0.461. The predicted octanol–water partition coefficient (Wildman–Crippen LogP) is 2.88. The first-order chi connectivity index (χ1) is 11.6. The van der Waals surface area contributed by atoms with Crippen molar-refractivity contribution in [3.8, 4) is 5.75 Å². The van der Waals surface area contributed by atoms with E-state index in [1.54, 1.807) is 36.4 Å². The Bertz CT molecular complexity index is 760. The quantitative estimate of drug-likeness (QED) is 0.514. The Labute approximate surface area is 141 Å². The molecule has 0 unspecified atom stereocenters. The Kier molecular flexibility index (Phi) is 4.93. The van der Waals surface area contributed by atoms with Crippen LogP contribution in [0.3, 0.4) is 0 Å². The van der Waals surface area contributed by atoms with Gasteiger partial charge in [0.25, 0.3) is 0 Å². The first-order valence-corrected chi connectivity index (χ1v) is 8.39. The number of nitrogens with zero attached hydrogens (tertiary/aromatic N) is 2. The number of hydrogen-bond donors (Lipinski definition) is 4.